The summed E-state index contributed by atoms with van der Waals surface area (Å²) in [6.45, 7) is 5.64. The summed E-state index contributed by atoms with van der Waals surface area (Å²) in [6.07, 6.45) is 1.48. The molecule has 0 radical (unpaired) electrons. The van der Waals surface area contributed by atoms with E-state index in [1.165, 1.54) is 16.3 Å². The van der Waals surface area contributed by atoms with E-state index < -0.39 is 0 Å². The van der Waals surface area contributed by atoms with Crippen LogP contribution < -0.4 is 0 Å². The van der Waals surface area contributed by atoms with Crippen LogP contribution in [0.5, 0.6) is 0 Å². The summed E-state index contributed by atoms with van der Waals surface area (Å²) < 4.78 is 0. The zero-order valence-electron chi connectivity index (χ0n) is 10.9. The van der Waals surface area contributed by atoms with Gasteiger partial charge >= 0.3 is 0 Å². The molecule has 0 N–H and O–H groups in total. The van der Waals surface area contributed by atoms with E-state index in [-0.39, 0.29) is 5.78 Å². The molecule has 2 aromatic carbocycles. The van der Waals surface area contributed by atoms with Crippen molar-refractivity contribution in [1.82, 2.24) is 0 Å². The van der Waals surface area contributed by atoms with Gasteiger partial charge in [0, 0.05) is 6.42 Å². The molecule has 0 saturated heterocycles. The normalized spacial score (nSPS) is 9.59. The van der Waals surface area contributed by atoms with E-state index in [0.717, 1.165) is 6.42 Å². The molecule has 0 aliphatic carbocycles. The van der Waals surface area contributed by atoms with Gasteiger partial charge in [-0.05, 0) is 29.7 Å². The molecule has 0 aliphatic rings. The third kappa shape index (κ3) is 3.70. The zero-order valence-corrected chi connectivity index (χ0v) is 10.9. The number of carbonyl (C=O) groups is 1. The Hall–Kier alpha value is -1.63. The van der Waals surface area contributed by atoms with Crippen LogP contribution in [-0.4, -0.2) is 5.78 Å². The number of rotatable bonds is 3. The highest BCUT2D eigenvalue weighted by Crippen LogP contribution is 2.19. The highest BCUT2D eigenvalue weighted by molar-refractivity contribution is 5.86. The predicted molar refractivity (Wildman–Crippen MR) is 74.3 cm³/mol. The minimum Gasteiger partial charge on any atom is -0.300 e. The Morgan fingerprint density at radius 3 is 2.35 bits per heavy atom. The molecule has 0 aromatic heterocycles. The number of carbonyl (C=O) groups excluding carboxylic acids is 1. The molecule has 2 rings (SSSR count). The van der Waals surface area contributed by atoms with Crippen LogP contribution in [0.15, 0.2) is 42.5 Å². The second kappa shape index (κ2) is 6.85. The van der Waals surface area contributed by atoms with Gasteiger partial charge in [-0.15, -0.1) is 0 Å². The van der Waals surface area contributed by atoms with Crippen LogP contribution in [0.4, 0.5) is 0 Å². The highest BCUT2D eigenvalue weighted by atomic mass is 16.1. The van der Waals surface area contributed by atoms with Gasteiger partial charge in [-0.2, -0.15) is 0 Å². The van der Waals surface area contributed by atoms with Crippen LogP contribution >= 0.6 is 0 Å². The van der Waals surface area contributed by atoms with Crippen molar-refractivity contribution in [2.24, 2.45) is 0 Å². The molecule has 90 valence electrons. The first-order valence-corrected chi connectivity index (χ1v) is 6.23. The third-order valence-electron chi connectivity index (χ3n) is 2.63. The molecule has 0 aliphatic heterocycles. The number of aryl methyl sites for hydroxylation is 1. The van der Waals surface area contributed by atoms with E-state index in [1.54, 1.807) is 6.92 Å². The molecule has 17 heavy (non-hydrogen) atoms. The lowest BCUT2D eigenvalue weighted by Crippen LogP contribution is -1.94. The molecule has 0 saturated carbocycles. The van der Waals surface area contributed by atoms with Crippen molar-refractivity contribution in [2.75, 3.05) is 0 Å². The van der Waals surface area contributed by atoms with E-state index in [2.05, 4.69) is 30.3 Å². The monoisotopic (exact) mass is 228 g/mol. The molecule has 0 fully saturated rings. The minimum absolute atomic E-state index is 0.253. The second-order valence-electron chi connectivity index (χ2n) is 3.84. The van der Waals surface area contributed by atoms with Crippen LogP contribution in [0.3, 0.4) is 0 Å². The van der Waals surface area contributed by atoms with Crippen molar-refractivity contribution in [3.8, 4) is 0 Å². The van der Waals surface area contributed by atoms with E-state index >= 15 is 0 Å². The van der Waals surface area contributed by atoms with Crippen molar-refractivity contribution >= 4 is 16.6 Å². The molecule has 1 heteroatoms. The van der Waals surface area contributed by atoms with E-state index in [0.29, 0.717) is 6.42 Å². The molecular formula is C16H20O. The molecule has 0 bridgehead atoms. The first kappa shape index (κ1) is 13.4. The smallest absolute Gasteiger partial charge is 0.130 e. The number of fused-ring (bicyclic) bond motifs is 1. The Bertz CT molecular complexity index is 480. The number of hydrogen-bond acceptors (Lipinski definition) is 1. The maximum absolute atomic E-state index is 11.0. The summed E-state index contributed by atoms with van der Waals surface area (Å²) in [6, 6.07) is 14.6. The molecule has 0 unspecified atom stereocenters. The Morgan fingerprint density at radius 2 is 1.65 bits per heavy atom. The molecule has 1 nitrogen and oxygen atoms in total. The molecule has 0 spiro atoms. The van der Waals surface area contributed by atoms with Gasteiger partial charge in [0.15, 0.2) is 0 Å². The van der Waals surface area contributed by atoms with Crippen LogP contribution in [0.25, 0.3) is 10.8 Å². The maximum atomic E-state index is 11.0. The van der Waals surface area contributed by atoms with Crippen molar-refractivity contribution in [3.63, 3.8) is 0 Å². The van der Waals surface area contributed by atoms with Gasteiger partial charge in [-0.1, -0.05) is 56.3 Å². The van der Waals surface area contributed by atoms with E-state index in [9.17, 15) is 4.79 Å². The SMILES string of the molecule is CC.CC(=O)CCc1cccc2ccccc12. The number of benzene rings is 2. The lowest BCUT2D eigenvalue weighted by atomic mass is 10.0. The van der Waals surface area contributed by atoms with Crippen LogP contribution in [0.2, 0.25) is 0 Å². The van der Waals surface area contributed by atoms with Gasteiger partial charge in [0.05, 0.1) is 0 Å². The average Bonchev–Trinajstić information content (AvgIpc) is 2.38. The van der Waals surface area contributed by atoms with Crippen LogP contribution in [0, 0.1) is 0 Å². The average molecular weight is 228 g/mol. The topological polar surface area (TPSA) is 17.1 Å². The Morgan fingerprint density at radius 1 is 1.00 bits per heavy atom. The van der Waals surface area contributed by atoms with Crippen molar-refractivity contribution in [3.05, 3.63) is 48.0 Å². The fraction of sp³-hybridized carbons (Fsp3) is 0.312. The lowest BCUT2D eigenvalue weighted by molar-refractivity contribution is -0.116. The maximum Gasteiger partial charge on any atom is 0.130 e. The standard InChI is InChI=1S/C14H14O.C2H6/c1-11(15)9-10-13-7-4-6-12-5-2-3-8-14(12)13;1-2/h2-8H,9-10H2,1H3;1-2H3. The number of hydrogen-bond donors (Lipinski definition) is 0. The van der Waals surface area contributed by atoms with Gasteiger partial charge in [0.1, 0.15) is 5.78 Å². The summed E-state index contributed by atoms with van der Waals surface area (Å²) in [5, 5.41) is 2.51. The van der Waals surface area contributed by atoms with Crippen molar-refractivity contribution < 1.29 is 4.79 Å². The van der Waals surface area contributed by atoms with Gasteiger partial charge in [0.25, 0.3) is 0 Å². The van der Waals surface area contributed by atoms with Gasteiger partial charge in [-0.25, -0.2) is 0 Å². The predicted octanol–water partition coefficient (Wildman–Crippen LogP) is 4.39. The van der Waals surface area contributed by atoms with Gasteiger partial charge < -0.3 is 4.79 Å². The van der Waals surface area contributed by atoms with E-state index in [1.807, 2.05) is 26.0 Å². The molecule has 0 atom stereocenters. The molecule has 2 aromatic rings. The molecule has 0 amide bonds. The van der Waals surface area contributed by atoms with Crippen LogP contribution in [-0.2, 0) is 11.2 Å². The van der Waals surface area contributed by atoms with Crippen molar-refractivity contribution in [2.45, 2.75) is 33.6 Å². The minimum atomic E-state index is 0.253. The summed E-state index contributed by atoms with van der Waals surface area (Å²) in [7, 11) is 0. The Balaban J connectivity index is 0.000000686. The first-order chi connectivity index (χ1) is 8.27. The largest absolute Gasteiger partial charge is 0.300 e. The Labute approximate surface area is 103 Å². The quantitative estimate of drug-likeness (QED) is 0.761. The molecular weight excluding hydrogens is 208 g/mol. The van der Waals surface area contributed by atoms with Gasteiger partial charge in [-0.3, -0.25) is 0 Å². The Kier molecular flexibility index (Phi) is 5.41. The van der Waals surface area contributed by atoms with Crippen molar-refractivity contribution in [1.29, 1.82) is 0 Å². The highest BCUT2D eigenvalue weighted by Gasteiger charge is 2.01. The third-order valence-corrected chi connectivity index (χ3v) is 2.63. The second-order valence-corrected chi connectivity index (χ2v) is 3.84. The van der Waals surface area contributed by atoms with E-state index in [4.69, 9.17) is 0 Å². The van der Waals surface area contributed by atoms with Crippen LogP contribution in [0.1, 0.15) is 32.8 Å². The zero-order chi connectivity index (χ0) is 12.7. The van der Waals surface area contributed by atoms with Gasteiger partial charge in [0.2, 0.25) is 0 Å². The summed E-state index contributed by atoms with van der Waals surface area (Å²) in [4.78, 5) is 11.0. The summed E-state index contributed by atoms with van der Waals surface area (Å²) in [5.41, 5.74) is 1.27. The lowest BCUT2D eigenvalue weighted by Gasteiger charge is -2.04. The number of ketones is 1. The summed E-state index contributed by atoms with van der Waals surface area (Å²) >= 11 is 0. The fourth-order valence-electron chi connectivity index (χ4n) is 1.82. The molecule has 0 heterocycles. The summed E-state index contributed by atoms with van der Waals surface area (Å²) in [5.74, 6) is 0.253. The fourth-order valence-corrected chi connectivity index (χ4v) is 1.82. The first-order valence-electron chi connectivity index (χ1n) is 6.23. The number of Topliss-reactive ketones (excluding diaryl/α,β-unsaturated/α-hetero) is 1.